The minimum atomic E-state index is -3.86. The van der Waals surface area contributed by atoms with Crippen LogP contribution in [-0.2, 0) is 14.8 Å². The van der Waals surface area contributed by atoms with Crippen LogP contribution in [0.5, 0.6) is 0 Å². The molecule has 8 heteroatoms. The lowest BCUT2D eigenvalue weighted by atomic mass is 10.1. The molecule has 0 aliphatic carbocycles. The van der Waals surface area contributed by atoms with Gasteiger partial charge in [-0.25, -0.2) is 12.8 Å². The SMILES string of the molecule is CCN(CC(=O)Nc1ccc(F)c(Cl)c1)S(=O)(=O)c1ccc2ccccc2c1. The molecule has 5 nitrogen and oxygen atoms in total. The first-order valence-corrected chi connectivity index (χ1v) is 10.4. The number of hydrogen-bond acceptors (Lipinski definition) is 3. The Balaban J connectivity index is 1.80. The van der Waals surface area contributed by atoms with E-state index in [0.717, 1.165) is 21.1 Å². The highest BCUT2D eigenvalue weighted by atomic mass is 35.5. The molecule has 0 fully saturated rings. The summed E-state index contributed by atoms with van der Waals surface area (Å²) in [5.41, 5.74) is 0.288. The molecule has 0 saturated carbocycles. The molecule has 0 atom stereocenters. The molecule has 1 N–H and O–H groups in total. The highest BCUT2D eigenvalue weighted by Gasteiger charge is 2.25. The summed E-state index contributed by atoms with van der Waals surface area (Å²) in [7, 11) is -3.86. The number of likely N-dealkylation sites (N-methyl/N-ethyl adjacent to an activating group) is 1. The van der Waals surface area contributed by atoms with Crippen LogP contribution >= 0.6 is 11.6 Å². The first-order valence-electron chi connectivity index (χ1n) is 8.55. The third-order valence-electron chi connectivity index (χ3n) is 4.23. The molecule has 3 rings (SSSR count). The van der Waals surface area contributed by atoms with Crippen molar-refractivity contribution in [3.63, 3.8) is 0 Å². The number of benzene rings is 3. The van der Waals surface area contributed by atoms with Gasteiger partial charge < -0.3 is 5.32 Å². The van der Waals surface area contributed by atoms with Gasteiger partial charge in [-0.3, -0.25) is 4.79 Å². The topological polar surface area (TPSA) is 66.5 Å². The van der Waals surface area contributed by atoms with Crippen molar-refractivity contribution in [2.45, 2.75) is 11.8 Å². The van der Waals surface area contributed by atoms with E-state index < -0.39 is 21.7 Å². The normalized spacial score (nSPS) is 11.7. The lowest BCUT2D eigenvalue weighted by Gasteiger charge is -2.20. The maximum Gasteiger partial charge on any atom is 0.243 e. The summed E-state index contributed by atoms with van der Waals surface area (Å²) in [4.78, 5) is 12.4. The number of fused-ring (bicyclic) bond motifs is 1. The predicted octanol–water partition coefficient (Wildman–Crippen LogP) is 4.28. The number of carbonyl (C=O) groups excluding carboxylic acids is 1. The molecule has 0 aromatic heterocycles. The summed E-state index contributed by atoms with van der Waals surface area (Å²) in [6.45, 7) is 1.40. The Kier molecular flexibility index (Phi) is 5.98. The number of rotatable bonds is 6. The van der Waals surface area contributed by atoms with Gasteiger partial charge in [0.05, 0.1) is 16.5 Å². The first kappa shape index (κ1) is 20.3. The van der Waals surface area contributed by atoms with E-state index in [1.54, 1.807) is 19.1 Å². The Bertz CT molecular complexity index is 1140. The maximum absolute atomic E-state index is 13.2. The number of amides is 1. The number of carbonyl (C=O) groups is 1. The second-order valence-corrected chi connectivity index (χ2v) is 8.46. The van der Waals surface area contributed by atoms with E-state index in [-0.39, 0.29) is 28.7 Å². The number of hydrogen-bond donors (Lipinski definition) is 1. The van der Waals surface area contributed by atoms with Gasteiger partial charge >= 0.3 is 0 Å². The standard InChI is InChI=1S/C20H18ClFN2O3S/c1-2-24(13-20(25)23-16-8-10-19(22)18(21)12-16)28(26,27)17-9-7-14-5-3-4-6-15(14)11-17/h3-12H,2,13H2,1H3,(H,23,25). The zero-order chi connectivity index (χ0) is 20.3. The molecule has 1 amide bonds. The van der Waals surface area contributed by atoms with Crippen molar-refractivity contribution in [2.75, 3.05) is 18.4 Å². The number of anilines is 1. The van der Waals surface area contributed by atoms with Gasteiger partial charge in [-0.1, -0.05) is 48.9 Å². The van der Waals surface area contributed by atoms with Gasteiger partial charge in [-0.2, -0.15) is 4.31 Å². The average Bonchev–Trinajstić information content (AvgIpc) is 2.68. The molecule has 3 aromatic rings. The van der Waals surface area contributed by atoms with E-state index in [1.165, 1.54) is 18.2 Å². The van der Waals surface area contributed by atoms with Crippen molar-refractivity contribution >= 4 is 44.0 Å². The molecular weight excluding hydrogens is 403 g/mol. The quantitative estimate of drug-likeness (QED) is 0.647. The molecule has 0 bridgehead atoms. The summed E-state index contributed by atoms with van der Waals surface area (Å²) in [6, 6.07) is 16.0. The minimum Gasteiger partial charge on any atom is -0.325 e. The molecule has 0 aliphatic rings. The van der Waals surface area contributed by atoms with E-state index >= 15 is 0 Å². The van der Waals surface area contributed by atoms with Crippen LogP contribution < -0.4 is 5.32 Å². The fraction of sp³-hybridized carbons (Fsp3) is 0.150. The molecule has 28 heavy (non-hydrogen) atoms. The van der Waals surface area contributed by atoms with Crippen molar-refractivity contribution in [1.82, 2.24) is 4.31 Å². The number of nitrogens with zero attached hydrogens (tertiary/aromatic N) is 1. The maximum atomic E-state index is 13.2. The first-order chi connectivity index (χ1) is 13.3. The van der Waals surface area contributed by atoms with Crippen molar-refractivity contribution in [3.05, 3.63) is 71.5 Å². The summed E-state index contributed by atoms with van der Waals surface area (Å²) in [5, 5.41) is 4.12. The number of nitrogens with one attached hydrogen (secondary N) is 1. The molecule has 0 spiro atoms. The van der Waals surface area contributed by atoms with Gasteiger partial charge in [0.25, 0.3) is 0 Å². The second kappa shape index (κ2) is 8.26. The molecule has 0 aliphatic heterocycles. The van der Waals surface area contributed by atoms with Crippen molar-refractivity contribution in [1.29, 1.82) is 0 Å². The second-order valence-electron chi connectivity index (χ2n) is 6.12. The Labute approximate surface area is 167 Å². The van der Waals surface area contributed by atoms with Gasteiger partial charge in [0, 0.05) is 12.2 Å². The van der Waals surface area contributed by atoms with E-state index in [0.29, 0.717) is 0 Å². The van der Waals surface area contributed by atoms with Crippen LogP contribution in [-0.4, -0.2) is 31.7 Å². The zero-order valence-electron chi connectivity index (χ0n) is 15.0. The van der Waals surface area contributed by atoms with Crippen LogP contribution in [0.4, 0.5) is 10.1 Å². The van der Waals surface area contributed by atoms with E-state index in [4.69, 9.17) is 11.6 Å². The van der Waals surface area contributed by atoms with Gasteiger partial charge in [0.1, 0.15) is 5.82 Å². The van der Waals surface area contributed by atoms with Crippen LogP contribution in [0.25, 0.3) is 10.8 Å². The number of halogens is 2. The Hall–Kier alpha value is -2.48. The number of sulfonamides is 1. The van der Waals surface area contributed by atoms with Crippen LogP contribution in [0.3, 0.4) is 0 Å². The van der Waals surface area contributed by atoms with Crippen LogP contribution in [0.2, 0.25) is 5.02 Å². The summed E-state index contributed by atoms with van der Waals surface area (Å²) in [5.74, 6) is -1.15. The van der Waals surface area contributed by atoms with Gasteiger partial charge in [-0.15, -0.1) is 0 Å². The molecule has 0 saturated heterocycles. The van der Waals surface area contributed by atoms with Gasteiger partial charge in [-0.05, 0) is 41.1 Å². The Morgan fingerprint density at radius 3 is 2.46 bits per heavy atom. The van der Waals surface area contributed by atoms with Gasteiger partial charge in [0.15, 0.2) is 0 Å². The summed E-state index contributed by atoms with van der Waals surface area (Å²) in [6.07, 6.45) is 0. The molecule has 0 radical (unpaired) electrons. The average molecular weight is 421 g/mol. The van der Waals surface area contributed by atoms with Crippen LogP contribution in [0.15, 0.2) is 65.6 Å². The smallest absolute Gasteiger partial charge is 0.243 e. The van der Waals surface area contributed by atoms with Crippen LogP contribution in [0, 0.1) is 5.82 Å². The summed E-state index contributed by atoms with van der Waals surface area (Å²) < 4.78 is 40.2. The minimum absolute atomic E-state index is 0.116. The molecular formula is C20H18ClFN2O3S. The molecule has 0 unspecified atom stereocenters. The fourth-order valence-corrected chi connectivity index (χ4v) is 4.40. The molecule has 0 heterocycles. The fourth-order valence-electron chi connectivity index (χ4n) is 2.78. The van der Waals surface area contributed by atoms with Crippen molar-refractivity contribution in [2.24, 2.45) is 0 Å². The Morgan fingerprint density at radius 2 is 1.79 bits per heavy atom. The third kappa shape index (κ3) is 4.32. The highest BCUT2D eigenvalue weighted by Crippen LogP contribution is 2.22. The van der Waals surface area contributed by atoms with E-state index in [2.05, 4.69) is 5.32 Å². The van der Waals surface area contributed by atoms with Gasteiger partial charge in [0.2, 0.25) is 15.9 Å². The largest absolute Gasteiger partial charge is 0.325 e. The lowest BCUT2D eigenvalue weighted by molar-refractivity contribution is -0.116. The predicted molar refractivity (Wildman–Crippen MR) is 108 cm³/mol. The monoisotopic (exact) mass is 420 g/mol. The van der Waals surface area contributed by atoms with Crippen molar-refractivity contribution in [3.8, 4) is 0 Å². The Morgan fingerprint density at radius 1 is 1.07 bits per heavy atom. The van der Waals surface area contributed by atoms with E-state index in [1.807, 2.05) is 24.3 Å². The zero-order valence-corrected chi connectivity index (χ0v) is 16.6. The van der Waals surface area contributed by atoms with Crippen molar-refractivity contribution < 1.29 is 17.6 Å². The summed E-state index contributed by atoms with van der Waals surface area (Å²) >= 11 is 5.70. The van der Waals surface area contributed by atoms with E-state index in [9.17, 15) is 17.6 Å². The van der Waals surface area contributed by atoms with Crippen LogP contribution in [0.1, 0.15) is 6.92 Å². The molecule has 3 aromatic carbocycles. The third-order valence-corrected chi connectivity index (χ3v) is 6.44. The lowest BCUT2D eigenvalue weighted by Crippen LogP contribution is -2.37. The molecule has 146 valence electrons. The highest BCUT2D eigenvalue weighted by molar-refractivity contribution is 7.89.